The molecule has 0 bridgehead atoms. The van der Waals surface area contributed by atoms with E-state index in [2.05, 4.69) is 15.4 Å². The van der Waals surface area contributed by atoms with Gasteiger partial charge in [0.05, 0.1) is 6.54 Å². The third-order valence-electron chi connectivity index (χ3n) is 2.76. The van der Waals surface area contributed by atoms with Gasteiger partial charge in [0.2, 0.25) is 5.82 Å². The average molecular weight is 262 g/mol. The number of tetrazole rings is 1. The van der Waals surface area contributed by atoms with E-state index in [0.29, 0.717) is 30.8 Å². The number of nitrogens with zero attached hydrogens (tertiary/aromatic N) is 4. The van der Waals surface area contributed by atoms with Crippen LogP contribution in [-0.2, 0) is 11.3 Å². The van der Waals surface area contributed by atoms with Crippen LogP contribution in [0.2, 0.25) is 0 Å². The molecular formula is C13H15FN4O. The summed E-state index contributed by atoms with van der Waals surface area (Å²) in [5.74, 6) is 0.359. The second-order valence-electron chi connectivity index (χ2n) is 4.48. The Hall–Kier alpha value is -2.11. The summed E-state index contributed by atoms with van der Waals surface area (Å²) in [5, 5.41) is 12.1. The molecule has 1 aromatic heterocycles. The van der Waals surface area contributed by atoms with Crippen LogP contribution in [-0.4, -0.2) is 26.0 Å². The van der Waals surface area contributed by atoms with Crippen molar-refractivity contribution in [3.63, 3.8) is 0 Å². The molecule has 0 saturated heterocycles. The number of ketones is 1. The SMILES string of the molecule is CC(=O)CCCn1nnc(-c2ccc(F)c(C)c2)n1. The molecular weight excluding hydrogens is 247 g/mol. The van der Waals surface area contributed by atoms with Gasteiger partial charge in [-0.2, -0.15) is 4.80 Å². The number of Topliss-reactive ketones (excluding diaryl/α,β-unsaturated/α-hetero) is 1. The number of hydrogen-bond acceptors (Lipinski definition) is 4. The van der Waals surface area contributed by atoms with E-state index in [9.17, 15) is 9.18 Å². The minimum Gasteiger partial charge on any atom is -0.300 e. The van der Waals surface area contributed by atoms with E-state index in [1.165, 1.54) is 10.9 Å². The van der Waals surface area contributed by atoms with Crippen LogP contribution in [0.15, 0.2) is 18.2 Å². The highest BCUT2D eigenvalue weighted by atomic mass is 19.1. The Balaban J connectivity index is 2.07. The van der Waals surface area contributed by atoms with E-state index in [0.717, 1.165) is 5.56 Å². The number of carbonyl (C=O) groups excluding carboxylic acids is 1. The van der Waals surface area contributed by atoms with Crippen LogP contribution in [0.3, 0.4) is 0 Å². The fourth-order valence-electron chi connectivity index (χ4n) is 1.71. The first-order valence-corrected chi connectivity index (χ1v) is 6.10. The fraction of sp³-hybridized carbons (Fsp3) is 0.385. The minimum atomic E-state index is -0.252. The zero-order valence-electron chi connectivity index (χ0n) is 10.9. The second-order valence-corrected chi connectivity index (χ2v) is 4.48. The van der Waals surface area contributed by atoms with Gasteiger partial charge in [0.1, 0.15) is 11.6 Å². The van der Waals surface area contributed by atoms with Crippen molar-refractivity contribution in [2.24, 2.45) is 0 Å². The van der Waals surface area contributed by atoms with Gasteiger partial charge in [-0.25, -0.2) is 4.39 Å². The van der Waals surface area contributed by atoms with Crippen molar-refractivity contribution in [2.75, 3.05) is 0 Å². The lowest BCUT2D eigenvalue weighted by Gasteiger charge is -1.98. The summed E-state index contributed by atoms with van der Waals surface area (Å²) >= 11 is 0. The first-order chi connectivity index (χ1) is 9.06. The third kappa shape index (κ3) is 3.43. The smallest absolute Gasteiger partial charge is 0.204 e. The minimum absolute atomic E-state index is 0.148. The van der Waals surface area contributed by atoms with Crippen LogP contribution in [0.5, 0.6) is 0 Å². The molecule has 100 valence electrons. The van der Waals surface area contributed by atoms with Gasteiger partial charge in [0, 0.05) is 12.0 Å². The summed E-state index contributed by atoms with van der Waals surface area (Å²) in [5.41, 5.74) is 1.28. The van der Waals surface area contributed by atoms with Gasteiger partial charge in [-0.1, -0.05) is 0 Å². The van der Waals surface area contributed by atoms with E-state index in [1.54, 1.807) is 26.0 Å². The zero-order chi connectivity index (χ0) is 13.8. The van der Waals surface area contributed by atoms with Crippen LogP contribution < -0.4 is 0 Å². The van der Waals surface area contributed by atoms with E-state index in [-0.39, 0.29) is 11.6 Å². The maximum Gasteiger partial charge on any atom is 0.204 e. The van der Waals surface area contributed by atoms with E-state index in [1.807, 2.05) is 0 Å². The van der Waals surface area contributed by atoms with Crippen molar-refractivity contribution < 1.29 is 9.18 Å². The average Bonchev–Trinajstić information content (AvgIpc) is 2.81. The molecule has 0 atom stereocenters. The number of carbonyl (C=O) groups is 1. The Kier molecular flexibility index (Phi) is 3.99. The van der Waals surface area contributed by atoms with Crippen LogP contribution in [0.25, 0.3) is 11.4 Å². The molecule has 5 nitrogen and oxygen atoms in total. The summed E-state index contributed by atoms with van der Waals surface area (Å²) < 4.78 is 13.2. The molecule has 0 aliphatic heterocycles. The maximum atomic E-state index is 13.2. The molecule has 0 saturated carbocycles. The van der Waals surface area contributed by atoms with Crippen molar-refractivity contribution in [2.45, 2.75) is 33.2 Å². The first kappa shape index (κ1) is 13.3. The Morgan fingerprint density at radius 3 is 2.89 bits per heavy atom. The number of aromatic nitrogens is 4. The van der Waals surface area contributed by atoms with Crippen LogP contribution >= 0.6 is 0 Å². The Morgan fingerprint density at radius 1 is 1.42 bits per heavy atom. The summed E-state index contributed by atoms with van der Waals surface area (Å²) in [7, 11) is 0. The lowest BCUT2D eigenvalue weighted by atomic mass is 10.1. The normalized spacial score (nSPS) is 10.7. The zero-order valence-corrected chi connectivity index (χ0v) is 10.9. The van der Waals surface area contributed by atoms with Gasteiger partial charge in [-0.15, -0.1) is 10.2 Å². The summed E-state index contributed by atoms with van der Waals surface area (Å²) in [4.78, 5) is 12.3. The lowest BCUT2D eigenvalue weighted by Crippen LogP contribution is -2.04. The van der Waals surface area contributed by atoms with Gasteiger partial charge in [0.15, 0.2) is 0 Å². The highest BCUT2D eigenvalue weighted by molar-refractivity contribution is 5.75. The van der Waals surface area contributed by atoms with E-state index < -0.39 is 0 Å². The van der Waals surface area contributed by atoms with Crippen molar-refractivity contribution in [1.29, 1.82) is 0 Å². The molecule has 6 heteroatoms. The first-order valence-electron chi connectivity index (χ1n) is 6.10. The Morgan fingerprint density at radius 2 is 2.21 bits per heavy atom. The summed E-state index contributed by atoms with van der Waals surface area (Å²) in [6.45, 7) is 3.80. The lowest BCUT2D eigenvalue weighted by molar-refractivity contribution is -0.117. The summed E-state index contributed by atoms with van der Waals surface area (Å²) in [6.07, 6.45) is 1.19. The molecule has 0 unspecified atom stereocenters. The third-order valence-corrected chi connectivity index (χ3v) is 2.76. The summed E-state index contributed by atoms with van der Waals surface area (Å²) in [6, 6.07) is 4.70. The molecule has 2 aromatic rings. The predicted octanol–water partition coefficient (Wildman–Crippen LogP) is 2.16. The Bertz CT molecular complexity index is 594. The van der Waals surface area contributed by atoms with Gasteiger partial charge in [-0.3, -0.25) is 0 Å². The monoisotopic (exact) mass is 262 g/mol. The van der Waals surface area contributed by atoms with Crippen LogP contribution in [0.1, 0.15) is 25.3 Å². The highest BCUT2D eigenvalue weighted by Crippen LogP contribution is 2.17. The number of aryl methyl sites for hydroxylation is 2. The van der Waals surface area contributed by atoms with Crippen molar-refractivity contribution in [1.82, 2.24) is 20.2 Å². The molecule has 0 N–H and O–H groups in total. The highest BCUT2D eigenvalue weighted by Gasteiger charge is 2.08. The van der Waals surface area contributed by atoms with Crippen molar-refractivity contribution in [3.8, 4) is 11.4 Å². The standard InChI is InChI=1S/C13H15FN4O/c1-9-8-11(5-6-12(9)14)13-15-17-18(16-13)7-3-4-10(2)19/h5-6,8H,3-4,7H2,1-2H3. The van der Waals surface area contributed by atoms with Crippen LogP contribution in [0, 0.1) is 12.7 Å². The van der Waals surface area contributed by atoms with Crippen molar-refractivity contribution >= 4 is 5.78 Å². The number of hydrogen-bond donors (Lipinski definition) is 0. The predicted molar refractivity (Wildman–Crippen MR) is 67.9 cm³/mol. The second kappa shape index (κ2) is 5.69. The number of benzene rings is 1. The quantitative estimate of drug-likeness (QED) is 0.828. The molecule has 0 fully saturated rings. The molecule has 0 aliphatic carbocycles. The fourth-order valence-corrected chi connectivity index (χ4v) is 1.71. The number of rotatable bonds is 5. The molecule has 0 aliphatic rings. The number of halogens is 1. The molecule has 1 heterocycles. The molecule has 0 amide bonds. The largest absolute Gasteiger partial charge is 0.300 e. The van der Waals surface area contributed by atoms with Gasteiger partial charge < -0.3 is 4.79 Å². The van der Waals surface area contributed by atoms with E-state index >= 15 is 0 Å². The molecule has 0 spiro atoms. The molecule has 0 radical (unpaired) electrons. The van der Waals surface area contributed by atoms with Crippen molar-refractivity contribution in [3.05, 3.63) is 29.6 Å². The van der Waals surface area contributed by atoms with Gasteiger partial charge >= 0.3 is 0 Å². The topological polar surface area (TPSA) is 60.7 Å². The van der Waals surface area contributed by atoms with Gasteiger partial charge in [0.25, 0.3) is 0 Å². The molecule has 2 rings (SSSR count). The van der Waals surface area contributed by atoms with Crippen LogP contribution in [0.4, 0.5) is 4.39 Å². The molecule has 1 aromatic carbocycles. The maximum absolute atomic E-state index is 13.2. The van der Waals surface area contributed by atoms with E-state index in [4.69, 9.17) is 0 Å². The van der Waals surface area contributed by atoms with Gasteiger partial charge in [-0.05, 0) is 49.2 Å². The Labute approximate surface area is 110 Å². The molecule has 19 heavy (non-hydrogen) atoms.